The molecular weight excluding hydrogens is 256 g/mol. The number of hydrogen-bond acceptors (Lipinski definition) is 4. The SMILES string of the molecule is Oc1ccc2ccnc(NCCc3ccsc3)c2c1. The molecule has 2 aromatic heterocycles. The van der Waals surface area contributed by atoms with Gasteiger partial charge in [0.2, 0.25) is 0 Å². The van der Waals surface area contributed by atoms with E-state index in [0.717, 1.165) is 29.6 Å². The number of benzene rings is 1. The van der Waals surface area contributed by atoms with Crippen molar-refractivity contribution in [3.63, 3.8) is 0 Å². The highest BCUT2D eigenvalue weighted by Crippen LogP contribution is 2.25. The van der Waals surface area contributed by atoms with E-state index in [-0.39, 0.29) is 5.75 Å². The number of fused-ring (bicyclic) bond motifs is 1. The zero-order chi connectivity index (χ0) is 13.1. The van der Waals surface area contributed by atoms with E-state index in [9.17, 15) is 5.11 Å². The first-order valence-corrected chi connectivity index (χ1v) is 7.10. The molecule has 0 saturated carbocycles. The highest BCUT2D eigenvalue weighted by atomic mass is 32.1. The Bertz CT molecular complexity index is 680. The molecule has 2 heterocycles. The minimum absolute atomic E-state index is 0.265. The van der Waals surface area contributed by atoms with Crippen molar-refractivity contribution in [2.45, 2.75) is 6.42 Å². The molecule has 0 aliphatic rings. The molecule has 0 radical (unpaired) electrons. The molecule has 0 amide bonds. The van der Waals surface area contributed by atoms with E-state index in [1.807, 2.05) is 12.1 Å². The summed E-state index contributed by atoms with van der Waals surface area (Å²) >= 11 is 1.71. The Balaban J connectivity index is 1.78. The maximum absolute atomic E-state index is 9.58. The zero-order valence-electron chi connectivity index (χ0n) is 10.3. The topological polar surface area (TPSA) is 45.2 Å². The van der Waals surface area contributed by atoms with Crippen molar-refractivity contribution >= 4 is 27.9 Å². The molecular formula is C15H14N2OS. The molecule has 0 aliphatic carbocycles. The molecule has 0 bridgehead atoms. The van der Waals surface area contributed by atoms with Crippen LogP contribution in [0.1, 0.15) is 5.56 Å². The maximum atomic E-state index is 9.58. The summed E-state index contributed by atoms with van der Waals surface area (Å²) < 4.78 is 0. The van der Waals surface area contributed by atoms with Crippen LogP contribution in [0.25, 0.3) is 10.8 Å². The molecule has 2 N–H and O–H groups in total. The van der Waals surface area contributed by atoms with Gasteiger partial charge < -0.3 is 10.4 Å². The smallest absolute Gasteiger partial charge is 0.133 e. The summed E-state index contributed by atoms with van der Waals surface area (Å²) in [6, 6.07) is 9.41. The quantitative estimate of drug-likeness (QED) is 0.760. The van der Waals surface area contributed by atoms with E-state index in [1.54, 1.807) is 29.7 Å². The monoisotopic (exact) mass is 270 g/mol. The van der Waals surface area contributed by atoms with Gasteiger partial charge in [-0.05, 0) is 52.4 Å². The third-order valence-corrected chi connectivity index (χ3v) is 3.77. The minimum atomic E-state index is 0.265. The fourth-order valence-electron chi connectivity index (χ4n) is 2.06. The van der Waals surface area contributed by atoms with E-state index in [1.165, 1.54) is 5.56 Å². The standard InChI is InChI=1S/C15H14N2OS/c18-13-2-1-12-4-7-17-15(14(12)9-13)16-6-3-11-5-8-19-10-11/h1-2,4-5,7-10,18H,3,6H2,(H,16,17). The average molecular weight is 270 g/mol. The predicted molar refractivity (Wildman–Crippen MR) is 79.9 cm³/mol. The highest BCUT2D eigenvalue weighted by molar-refractivity contribution is 7.07. The van der Waals surface area contributed by atoms with Crippen molar-refractivity contribution in [3.05, 3.63) is 52.9 Å². The number of phenols is 1. The molecule has 3 aromatic rings. The number of aromatic nitrogens is 1. The Kier molecular flexibility index (Phi) is 3.33. The molecule has 96 valence electrons. The molecule has 0 spiro atoms. The van der Waals surface area contributed by atoms with Crippen molar-refractivity contribution < 1.29 is 5.11 Å². The summed E-state index contributed by atoms with van der Waals surface area (Å²) in [5.41, 5.74) is 1.33. The average Bonchev–Trinajstić information content (AvgIpc) is 2.92. The van der Waals surface area contributed by atoms with Crippen LogP contribution in [-0.2, 0) is 6.42 Å². The summed E-state index contributed by atoms with van der Waals surface area (Å²) in [5, 5.41) is 19.2. The van der Waals surface area contributed by atoms with Crippen molar-refractivity contribution in [3.8, 4) is 5.75 Å². The predicted octanol–water partition coefficient (Wildman–Crippen LogP) is 3.66. The number of phenolic OH excluding ortho intramolecular Hbond substituents is 1. The molecule has 4 heteroatoms. The van der Waals surface area contributed by atoms with Gasteiger partial charge in [0.15, 0.2) is 0 Å². The molecule has 3 rings (SSSR count). The number of hydrogen-bond donors (Lipinski definition) is 2. The first-order valence-electron chi connectivity index (χ1n) is 6.15. The number of rotatable bonds is 4. The summed E-state index contributed by atoms with van der Waals surface area (Å²) in [6.45, 7) is 0.832. The van der Waals surface area contributed by atoms with Gasteiger partial charge in [-0.2, -0.15) is 11.3 Å². The molecule has 1 aromatic carbocycles. The molecule has 0 saturated heterocycles. The molecule has 0 atom stereocenters. The van der Waals surface area contributed by atoms with Gasteiger partial charge in [0.25, 0.3) is 0 Å². The number of aromatic hydroxyl groups is 1. The van der Waals surface area contributed by atoms with E-state index in [4.69, 9.17) is 0 Å². The Morgan fingerprint density at radius 1 is 1.21 bits per heavy atom. The van der Waals surface area contributed by atoms with Crippen LogP contribution in [0.5, 0.6) is 5.75 Å². The Morgan fingerprint density at radius 2 is 2.16 bits per heavy atom. The van der Waals surface area contributed by atoms with Gasteiger partial charge in [0, 0.05) is 18.1 Å². The highest BCUT2D eigenvalue weighted by Gasteiger charge is 2.03. The Hall–Kier alpha value is -2.07. The fraction of sp³-hybridized carbons (Fsp3) is 0.133. The molecule has 0 fully saturated rings. The molecule has 3 nitrogen and oxygen atoms in total. The van der Waals surface area contributed by atoms with Crippen LogP contribution < -0.4 is 5.32 Å². The van der Waals surface area contributed by atoms with Gasteiger partial charge >= 0.3 is 0 Å². The lowest BCUT2D eigenvalue weighted by Crippen LogP contribution is -2.06. The third kappa shape index (κ3) is 2.69. The third-order valence-electron chi connectivity index (χ3n) is 3.04. The van der Waals surface area contributed by atoms with Crippen molar-refractivity contribution in [1.82, 2.24) is 4.98 Å². The molecule has 0 aliphatic heterocycles. The minimum Gasteiger partial charge on any atom is -0.508 e. The summed E-state index contributed by atoms with van der Waals surface area (Å²) in [5.74, 6) is 1.09. The number of nitrogens with one attached hydrogen (secondary N) is 1. The van der Waals surface area contributed by atoms with Gasteiger partial charge in [0.05, 0.1) is 0 Å². The largest absolute Gasteiger partial charge is 0.508 e. The van der Waals surface area contributed by atoms with Crippen LogP contribution in [-0.4, -0.2) is 16.6 Å². The maximum Gasteiger partial charge on any atom is 0.133 e. The van der Waals surface area contributed by atoms with E-state index in [0.29, 0.717) is 0 Å². The Labute approximate surface area is 115 Å². The van der Waals surface area contributed by atoms with Gasteiger partial charge in [-0.1, -0.05) is 6.07 Å². The summed E-state index contributed by atoms with van der Waals surface area (Å²) in [6.07, 6.45) is 2.76. The van der Waals surface area contributed by atoms with Crippen molar-refractivity contribution in [1.29, 1.82) is 0 Å². The fourth-order valence-corrected chi connectivity index (χ4v) is 2.76. The number of anilines is 1. The molecule has 19 heavy (non-hydrogen) atoms. The van der Waals surface area contributed by atoms with E-state index in [2.05, 4.69) is 27.1 Å². The van der Waals surface area contributed by atoms with Crippen LogP contribution in [0.3, 0.4) is 0 Å². The van der Waals surface area contributed by atoms with Crippen LogP contribution in [0.2, 0.25) is 0 Å². The second-order valence-corrected chi connectivity index (χ2v) is 5.15. The van der Waals surface area contributed by atoms with Crippen molar-refractivity contribution in [2.75, 3.05) is 11.9 Å². The van der Waals surface area contributed by atoms with Crippen LogP contribution in [0, 0.1) is 0 Å². The van der Waals surface area contributed by atoms with Crippen LogP contribution in [0.15, 0.2) is 47.3 Å². The molecule has 0 unspecified atom stereocenters. The summed E-state index contributed by atoms with van der Waals surface area (Å²) in [7, 11) is 0. The second-order valence-electron chi connectivity index (χ2n) is 4.37. The van der Waals surface area contributed by atoms with Crippen LogP contribution >= 0.6 is 11.3 Å². The Morgan fingerprint density at radius 3 is 3.00 bits per heavy atom. The summed E-state index contributed by atoms with van der Waals surface area (Å²) in [4.78, 5) is 4.35. The van der Waals surface area contributed by atoms with E-state index < -0.39 is 0 Å². The van der Waals surface area contributed by atoms with Gasteiger partial charge in [-0.25, -0.2) is 4.98 Å². The number of thiophene rings is 1. The van der Waals surface area contributed by atoms with Crippen LogP contribution in [0.4, 0.5) is 5.82 Å². The zero-order valence-corrected chi connectivity index (χ0v) is 11.2. The van der Waals surface area contributed by atoms with Gasteiger partial charge in [0.1, 0.15) is 11.6 Å². The number of pyridine rings is 1. The van der Waals surface area contributed by atoms with Crippen molar-refractivity contribution in [2.24, 2.45) is 0 Å². The first-order chi connectivity index (χ1) is 9.33. The second kappa shape index (κ2) is 5.28. The lowest BCUT2D eigenvalue weighted by molar-refractivity contribution is 0.476. The lowest BCUT2D eigenvalue weighted by atomic mass is 10.1. The normalized spacial score (nSPS) is 10.7. The lowest BCUT2D eigenvalue weighted by Gasteiger charge is -2.08. The van der Waals surface area contributed by atoms with Gasteiger partial charge in [-0.15, -0.1) is 0 Å². The van der Waals surface area contributed by atoms with Gasteiger partial charge in [-0.3, -0.25) is 0 Å². The first kappa shape index (κ1) is 12.0. The number of nitrogens with zero attached hydrogens (tertiary/aromatic N) is 1. The van der Waals surface area contributed by atoms with E-state index >= 15 is 0 Å².